The van der Waals surface area contributed by atoms with E-state index in [1.165, 1.54) is 69.1 Å². The van der Waals surface area contributed by atoms with Gasteiger partial charge in [0.1, 0.15) is 0 Å². The fraction of sp³-hybridized carbons (Fsp3) is 0.500. The number of alkyl halides is 2. The van der Waals surface area contributed by atoms with E-state index in [0.29, 0.717) is 12.0 Å². The van der Waals surface area contributed by atoms with Gasteiger partial charge in [-0.1, -0.05) is 139 Å². The molecule has 3 aromatic rings. The van der Waals surface area contributed by atoms with Gasteiger partial charge in [-0.2, -0.15) is 0 Å². The quantitative estimate of drug-likeness (QED) is 0.108. The highest BCUT2D eigenvalue weighted by Crippen LogP contribution is 2.33. The van der Waals surface area contributed by atoms with Gasteiger partial charge in [-0.15, -0.1) is 0 Å². The zero-order valence-electron chi connectivity index (χ0n) is 24.4. The Bertz CT molecular complexity index is 1130. The standard InChI is InChI=1S/C36H46F4/c1-3-5-7-9-10-11-12-13-15-28-16-18-29(19-17-28)30-20-22-31(23-21-30)33-25-24-32(34(37)35(33)38)27-36(39,40)26-14-8-6-4-2/h16-25H,3-15,26-27H2,1-2H3. The number of benzene rings is 3. The molecular formula is C36H46F4. The molecule has 3 aromatic carbocycles. The fourth-order valence-electron chi connectivity index (χ4n) is 5.30. The summed E-state index contributed by atoms with van der Waals surface area (Å²) in [6.07, 6.45) is 13.4. The summed E-state index contributed by atoms with van der Waals surface area (Å²) in [5.41, 5.74) is 3.71. The van der Waals surface area contributed by atoms with Gasteiger partial charge in [0.2, 0.25) is 0 Å². The van der Waals surface area contributed by atoms with Crippen LogP contribution in [0, 0.1) is 11.6 Å². The molecule has 0 heterocycles. The second-order valence-corrected chi connectivity index (χ2v) is 11.2. The van der Waals surface area contributed by atoms with Gasteiger partial charge in [-0.3, -0.25) is 0 Å². The van der Waals surface area contributed by atoms with Gasteiger partial charge in [0, 0.05) is 18.4 Å². The zero-order chi connectivity index (χ0) is 28.8. The zero-order valence-corrected chi connectivity index (χ0v) is 24.4. The molecule has 0 aliphatic heterocycles. The first-order chi connectivity index (χ1) is 19.3. The van der Waals surface area contributed by atoms with Crippen LogP contribution in [0.2, 0.25) is 0 Å². The van der Waals surface area contributed by atoms with Crippen LogP contribution in [0.3, 0.4) is 0 Å². The van der Waals surface area contributed by atoms with E-state index in [1.807, 2.05) is 19.1 Å². The molecule has 0 radical (unpaired) electrons. The van der Waals surface area contributed by atoms with Crippen LogP contribution in [0.1, 0.15) is 108 Å². The largest absolute Gasteiger partial charge is 0.252 e. The van der Waals surface area contributed by atoms with Gasteiger partial charge >= 0.3 is 0 Å². The molecule has 0 aromatic heterocycles. The summed E-state index contributed by atoms with van der Waals surface area (Å²) in [4.78, 5) is 0. The fourth-order valence-corrected chi connectivity index (χ4v) is 5.30. The Hall–Kier alpha value is -2.62. The Morgan fingerprint density at radius 3 is 1.62 bits per heavy atom. The molecule has 0 saturated heterocycles. The van der Waals surface area contributed by atoms with E-state index in [1.54, 1.807) is 12.1 Å². The summed E-state index contributed by atoms with van der Waals surface area (Å²) in [5, 5.41) is 0. The number of hydrogen-bond acceptors (Lipinski definition) is 0. The molecular weight excluding hydrogens is 508 g/mol. The van der Waals surface area contributed by atoms with Crippen molar-refractivity contribution < 1.29 is 17.6 Å². The molecule has 3 rings (SSSR count). The Balaban J connectivity index is 1.55. The van der Waals surface area contributed by atoms with Crippen LogP contribution < -0.4 is 0 Å². The maximum atomic E-state index is 14.9. The number of halogens is 4. The molecule has 0 aliphatic carbocycles. The monoisotopic (exact) mass is 554 g/mol. The van der Waals surface area contributed by atoms with E-state index in [2.05, 4.69) is 31.2 Å². The molecule has 0 unspecified atom stereocenters. The molecule has 0 nitrogen and oxygen atoms in total. The van der Waals surface area contributed by atoms with Crippen LogP contribution in [-0.4, -0.2) is 5.92 Å². The van der Waals surface area contributed by atoms with Gasteiger partial charge in [0.15, 0.2) is 11.6 Å². The third kappa shape index (κ3) is 10.1. The van der Waals surface area contributed by atoms with Crippen molar-refractivity contribution in [1.82, 2.24) is 0 Å². The topological polar surface area (TPSA) is 0 Å². The molecule has 0 aliphatic rings. The molecule has 218 valence electrons. The summed E-state index contributed by atoms with van der Waals surface area (Å²) in [5.74, 6) is -5.30. The van der Waals surface area contributed by atoms with E-state index in [-0.39, 0.29) is 17.5 Å². The molecule has 0 bridgehead atoms. The van der Waals surface area contributed by atoms with Crippen LogP contribution in [-0.2, 0) is 12.8 Å². The van der Waals surface area contributed by atoms with E-state index in [0.717, 1.165) is 36.8 Å². The lowest BCUT2D eigenvalue weighted by molar-refractivity contribution is -0.0103. The molecule has 0 spiro atoms. The lowest BCUT2D eigenvalue weighted by Gasteiger charge is -2.17. The average molecular weight is 555 g/mol. The van der Waals surface area contributed by atoms with Crippen LogP contribution in [0.4, 0.5) is 17.6 Å². The molecule has 0 amide bonds. The SMILES string of the molecule is CCCCCCCCCCc1ccc(-c2ccc(-c3ccc(CC(F)(F)CCCCCC)c(F)c3F)cc2)cc1. The highest BCUT2D eigenvalue weighted by atomic mass is 19.3. The van der Waals surface area contributed by atoms with Gasteiger partial charge in [0.25, 0.3) is 5.92 Å². The Morgan fingerprint density at radius 2 is 1.02 bits per heavy atom. The number of aryl methyl sites for hydroxylation is 1. The van der Waals surface area contributed by atoms with Crippen LogP contribution in [0.25, 0.3) is 22.3 Å². The minimum Gasteiger partial charge on any atom is -0.207 e. The third-order valence-corrected chi connectivity index (χ3v) is 7.81. The molecule has 40 heavy (non-hydrogen) atoms. The lowest BCUT2D eigenvalue weighted by atomic mass is 9.96. The average Bonchev–Trinajstić information content (AvgIpc) is 2.96. The lowest BCUT2D eigenvalue weighted by Crippen LogP contribution is -2.20. The van der Waals surface area contributed by atoms with Crippen molar-refractivity contribution in [3.63, 3.8) is 0 Å². The first-order valence-corrected chi connectivity index (χ1v) is 15.4. The Kier molecular flexibility index (Phi) is 13.2. The maximum absolute atomic E-state index is 14.9. The van der Waals surface area contributed by atoms with Crippen LogP contribution in [0.5, 0.6) is 0 Å². The first kappa shape index (κ1) is 31.9. The van der Waals surface area contributed by atoms with Crippen molar-refractivity contribution in [2.75, 3.05) is 0 Å². The van der Waals surface area contributed by atoms with Crippen molar-refractivity contribution in [1.29, 1.82) is 0 Å². The molecule has 0 fully saturated rings. The normalized spacial score (nSPS) is 11.8. The summed E-state index contributed by atoms with van der Waals surface area (Å²) in [7, 11) is 0. The van der Waals surface area contributed by atoms with Gasteiger partial charge < -0.3 is 0 Å². The summed E-state index contributed by atoms with van der Waals surface area (Å²) >= 11 is 0. The third-order valence-electron chi connectivity index (χ3n) is 7.81. The predicted molar refractivity (Wildman–Crippen MR) is 161 cm³/mol. The van der Waals surface area contributed by atoms with Crippen molar-refractivity contribution >= 4 is 0 Å². The summed E-state index contributed by atoms with van der Waals surface area (Å²) in [6, 6.07) is 18.5. The number of unbranched alkanes of at least 4 members (excludes halogenated alkanes) is 10. The highest BCUT2D eigenvalue weighted by Gasteiger charge is 2.31. The van der Waals surface area contributed by atoms with Crippen molar-refractivity contribution in [2.45, 2.75) is 116 Å². The second-order valence-electron chi connectivity index (χ2n) is 11.2. The number of rotatable bonds is 18. The van der Waals surface area contributed by atoms with Crippen LogP contribution in [0.15, 0.2) is 60.7 Å². The van der Waals surface area contributed by atoms with Crippen molar-refractivity contribution in [3.8, 4) is 22.3 Å². The maximum Gasteiger partial charge on any atom is 0.252 e. The van der Waals surface area contributed by atoms with Crippen molar-refractivity contribution in [3.05, 3.63) is 83.4 Å². The molecule has 0 atom stereocenters. The highest BCUT2D eigenvalue weighted by molar-refractivity contribution is 5.71. The summed E-state index contributed by atoms with van der Waals surface area (Å²) < 4.78 is 58.4. The Labute approximate surface area is 239 Å². The predicted octanol–water partition coefficient (Wildman–Crippen LogP) is 12.1. The van der Waals surface area contributed by atoms with Gasteiger partial charge in [0.05, 0.1) is 0 Å². The van der Waals surface area contributed by atoms with E-state index >= 15 is 0 Å². The second kappa shape index (κ2) is 16.6. The molecule has 4 heteroatoms. The van der Waals surface area contributed by atoms with Gasteiger partial charge in [-0.05, 0) is 47.1 Å². The Morgan fingerprint density at radius 1 is 0.525 bits per heavy atom. The van der Waals surface area contributed by atoms with Crippen LogP contribution >= 0.6 is 0 Å². The smallest absolute Gasteiger partial charge is 0.207 e. The molecule has 0 N–H and O–H groups in total. The molecule has 0 saturated carbocycles. The summed E-state index contributed by atoms with van der Waals surface area (Å²) in [6.45, 7) is 4.26. The van der Waals surface area contributed by atoms with Gasteiger partial charge in [-0.25, -0.2) is 17.6 Å². The number of hydrogen-bond donors (Lipinski definition) is 0. The minimum absolute atomic E-state index is 0.0831. The van der Waals surface area contributed by atoms with E-state index in [4.69, 9.17) is 0 Å². The first-order valence-electron chi connectivity index (χ1n) is 15.4. The minimum atomic E-state index is -3.05. The van der Waals surface area contributed by atoms with Crippen molar-refractivity contribution in [2.24, 2.45) is 0 Å². The van der Waals surface area contributed by atoms with E-state index in [9.17, 15) is 17.6 Å². The van der Waals surface area contributed by atoms with E-state index < -0.39 is 24.0 Å².